The Kier molecular flexibility index (Phi) is 9.21. The number of rotatable bonds is 9. The molecule has 1 rings (SSSR count). The molecule has 2 nitrogen and oxygen atoms in total. The van der Waals surface area contributed by atoms with Gasteiger partial charge in [0.2, 0.25) is 0 Å². The van der Waals surface area contributed by atoms with Gasteiger partial charge in [0, 0.05) is 19.8 Å². The second kappa shape index (κ2) is 10.2. The van der Waals surface area contributed by atoms with Crippen molar-refractivity contribution < 1.29 is 4.74 Å². The van der Waals surface area contributed by atoms with E-state index in [0.29, 0.717) is 0 Å². The Morgan fingerprint density at radius 1 is 1.35 bits per heavy atom. The molecular formula is C14H29NOS. The van der Waals surface area contributed by atoms with Crippen molar-refractivity contribution in [1.29, 1.82) is 0 Å². The van der Waals surface area contributed by atoms with Crippen LogP contribution in [-0.2, 0) is 4.74 Å². The zero-order valence-electron chi connectivity index (χ0n) is 11.5. The van der Waals surface area contributed by atoms with Crippen LogP contribution in [0, 0.1) is 5.92 Å². The van der Waals surface area contributed by atoms with Crippen LogP contribution in [0.4, 0.5) is 0 Å². The van der Waals surface area contributed by atoms with Crippen molar-refractivity contribution in [2.45, 2.75) is 51.5 Å². The third kappa shape index (κ3) is 7.32. The van der Waals surface area contributed by atoms with E-state index >= 15 is 0 Å². The summed E-state index contributed by atoms with van der Waals surface area (Å²) in [4.78, 5) is 0. The van der Waals surface area contributed by atoms with E-state index in [1.807, 2.05) is 0 Å². The Hall–Kier alpha value is 0.270. The summed E-state index contributed by atoms with van der Waals surface area (Å²) in [5, 5.41) is 3.71. The fraction of sp³-hybridized carbons (Fsp3) is 1.00. The first kappa shape index (κ1) is 15.3. The van der Waals surface area contributed by atoms with E-state index in [0.717, 1.165) is 18.6 Å². The molecule has 0 aromatic heterocycles. The Morgan fingerprint density at radius 3 is 2.76 bits per heavy atom. The van der Waals surface area contributed by atoms with Gasteiger partial charge in [-0.3, -0.25) is 0 Å². The molecule has 0 amide bonds. The van der Waals surface area contributed by atoms with Gasteiger partial charge in [-0.2, -0.15) is 11.8 Å². The molecule has 17 heavy (non-hydrogen) atoms. The van der Waals surface area contributed by atoms with Crippen LogP contribution in [0.5, 0.6) is 0 Å². The zero-order valence-corrected chi connectivity index (χ0v) is 12.4. The minimum Gasteiger partial charge on any atom is -0.385 e. The van der Waals surface area contributed by atoms with Gasteiger partial charge in [0.15, 0.2) is 0 Å². The molecule has 1 unspecified atom stereocenters. The lowest BCUT2D eigenvalue weighted by Gasteiger charge is -2.27. The predicted octanol–water partition coefficient (Wildman–Crippen LogP) is 3.31. The van der Waals surface area contributed by atoms with Crippen LogP contribution in [0.15, 0.2) is 0 Å². The maximum Gasteiger partial charge on any atom is 0.0462 e. The maximum atomic E-state index is 5.16. The summed E-state index contributed by atoms with van der Waals surface area (Å²) >= 11 is 2.12. The maximum absolute atomic E-state index is 5.16. The minimum absolute atomic E-state index is 0.721. The van der Waals surface area contributed by atoms with Crippen LogP contribution >= 0.6 is 11.8 Å². The van der Waals surface area contributed by atoms with Crippen LogP contribution in [0.25, 0.3) is 0 Å². The van der Waals surface area contributed by atoms with E-state index in [1.54, 1.807) is 7.11 Å². The van der Waals surface area contributed by atoms with Gasteiger partial charge in [0.25, 0.3) is 0 Å². The Labute approximate surface area is 111 Å². The van der Waals surface area contributed by atoms with Gasteiger partial charge in [-0.25, -0.2) is 0 Å². The van der Waals surface area contributed by atoms with Gasteiger partial charge in [-0.1, -0.05) is 6.92 Å². The molecule has 1 aliphatic rings. The van der Waals surface area contributed by atoms with Crippen molar-refractivity contribution in [3.63, 3.8) is 0 Å². The smallest absolute Gasteiger partial charge is 0.0462 e. The first-order valence-corrected chi connectivity index (χ1v) is 8.32. The van der Waals surface area contributed by atoms with E-state index in [4.69, 9.17) is 4.74 Å². The van der Waals surface area contributed by atoms with Crippen LogP contribution in [0.2, 0.25) is 0 Å². The monoisotopic (exact) mass is 259 g/mol. The van der Waals surface area contributed by atoms with E-state index in [1.165, 1.54) is 56.6 Å². The normalized spacial score (nSPS) is 19.4. The molecule has 1 saturated heterocycles. The van der Waals surface area contributed by atoms with Gasteiger partial charge in [0.05, 0.1) is 0 Å². The van der Waals surface area contributed by atoms with E-state index in [9.17, 15) is 0 Å². The van der Waals surface area contributed by atoms with Crippen molar-refractivity contribution in [3.8, 4) is 0 Å². The SMILES string of the molecule is CCCNC(CCCOC)CC1CCSCC1. The average molecular weight is 259 g/mol. The molecule has 1 fully saturated rings. The lowest BCUT2D eigenvalue weighted by atomic mass is 9.92. The Balaban J connectivity index is 2.22. The average Bonchev–Trinajstić information content (AvgIpc) is 2.37. The number of hydrogen-bond donors (Lipinski definition) is 1. The van der Waals surface area contributed by atoms with Crippen LogP contribution in [0.3, 0.4) is 0 Å². The Morgan fingerprint density at radius 2 is 2.12 bits per heavy atom. The molecule has 0 saturated carbocycles. The largest absolute Gasteiger partial charge is 0.385 e. The van der Waals surface area contributed by atoms with Crippen LogP contribution < -0.4 is 5.32 Å². The zero-order chi connectivity index (χ0) is 12.3. The quantitative estimate of drug-likeness (QED) is 0.642. The molecule has 0 aliphatic carbocycles. The van der Waals surface area contributed by atoms with Crippen molar-refractivity contribution in [3.05, 3.63) is 0 Å². The fourth-order valence-electron chi connectivity index (χ4n) is 2.51. The number of ether oxygens (including phenoxy) is 1. The lowest BCUT2D eigenvalue weighted by molar-refractivity contribution is 0.186. The first-order valence-electron chi connectivity index (χ1n) is 7.16. The van der Waals surface area contributed by atoms with Crippen molar-refractivity contribution in [2.75, 3.05) is 31.8 Å². The van der Waals surface area contributed by atoms with Crippen molar-refractivity contribution in [2.24, 2.45) is 5.92 Å². The Bertz CT molecular complexity index is 172. The predicted molar refractivity (Wildman–Crippen MR) is 77.9 cm³/mol. The molecule has 1 N–H and O–H groups in total. The van der Waals surface area contributed by atoms with Crippen molar-refractivity contribution >= 4 is 11.8 Å². The molecular weight excluding hydrogens is 230 g/mol. The summed E-state index contributed by atoms with van der Waals surface area (Å²) in [6.07, 6.45) is 7.95. The summed E-state index contributed by atoms with van der Waals surface area (Å²) in [6, 6.07) is 0.721. The van der Waals surface area contributed by atoms with Crippen LogP contribution in [0.1, 0.15) is 45.4 Å². The highest BCUT2D eigenvalue weighted by molar-refractivity contribution is 7.99. The lowest BCUT2D eigenvalue weighted by Crippen LogP contribution is -2.33. The summed E-state index contributed by atoms with van der Waals surface area (Å²) in [5.41, 5.74) is 0. The van der Waals surface area contributed by atoms with Gasteiger partial charge < -0.3 is 10.1 Å². The molecule has 1 heterocycles. The van der Waals surface area contributed by atoms with Gasteiger partial charge >= 0.3 is 0 Å². The summed E-state index contributed by atoms with van der Waals surface area (Å²) < 4.78 is 5.16. The van der Waals surface area contributed by atoms with Crippen molar-refractivity contribution in [1.82, 2.24) is 5.32 Å². The number of methoxy groups -OCH3 is 1. The molecule has 3 heteroatoms. The number of nitrogens with one attached hydrogen (secondary N) is 1. The second-order valence-electron chi connectivity index (χ2n) is 5.08. The molecule has 0 spiro atoms. The molecule has 102 valence electrons. The van der Waals surface area contributed by atoms with E-state index in [-0.39, 0.29) is 0 Å². The summed E-state index contributed by atoms with van der Waals surface area (Å²) in [5.74, 6) is 3.72. The molecule has 1 aliphatic heterocycles. The van der Waals surface area contributed by atoms with Crippen LogP contribution in [-0.4, -0.2) is 37.8 Å². The topological polar surface area (TPSA) is 21.3 Å². The first-order chi connectivity index (χ1) is 8.36. The molecule has 1 atom stereocenters. The molecule has 0 radical (unpaired) electrons. The van der Waals surface area contributed by atoms with Gasteiger partial charge in [-0.15, -0.1) is 0 Å². The molecule has 0 aromatic rings. The number of thioether (sulfide) groups is 1. The standard InChI is InChI=1S/C14H29NOS/c1-3-8-15-14(5-4-9-16-2)12-13-6-10-17-11-7-13/h13-15H,3-12H2,1-2H3. The van der Waals surface area contributed by atoms with Gasteiger partial charge in [-0.05, 0) is 62.5 Å². The highest BCUT2D eigenvalue weighted by Gasteiger charge is 2.18. The highest BCUT2D eigenvalue weighted by Crippen LogP contribution is 2.27. The second-order valence-corrected chi connectivity index (χ2v) is 6.30. The third-order valence-electron chi connectivity index (χ3n) is 3.54. The molecule has 0 aromatic carbocycles. The fourth-order valence-corrected chi connectivity index (χ4v) is 3.71. The summed E-state index contributed by atoms with van der Waals surface area (Å²) in [7, 11) is 1.80. The summed E-state index contributed by atoms with van der Waals surface area (Å²) in [6.45, 7) is 4.32. The van der Waals surface area contributed by atoms with E-state index < -0.39 is 0 Å². The number of hydrogen-bond acceptors (Lipinski definition) is 3. The minimum atomic E-state index is 0.721. The highest BCUT2D eigenvalue weighted by atomic mass is 32.2. The molecule has 0 bridgehead atoms. The van der Waals surface area contributed by atoms with Gasteiger partial charge in [0.1, 0.15) is 0 Å². The van der Waals surface area contributed by atoms with E-state index in [2.05, 4.69) is 24.0 Å². The third-order valence-corrected chi connectivity index (χ3v) is 4.59.